The van der Waals surface area contributed by atoms with Crippen LogP contribution in [-0.2, 0) is 11.3 Å². The Balaban J connectivity index is 2.21. The molecule has 5 nitrogen and oxygen atoms in total. The molecule has 5 heteroatoms. The van der Waals surface area contributed by atoms with Gasteiger partial charge in [0.1, 0.15) is 6.07 Å². The van der Waals surface area contributed by atoms with Crippen molar-refractivity contribution in [2.45, 2.75) is 20.4 Å². The summed E-state index contributed by atoms with van der Waals surface area (Å²) in [6, 6.07) is 8.20. The summed E-state index contributed by atoms with van der Waals surface area (Å²) in [4.78, 5) is 4.29. The number of imidazole rings is 1. The summed E-state index contributed by atoms with van der Waals surface area (Å²) in [6.07, 6.45) is 1.76. The summed E-state index contributed by atoms with van der Waals surface area (Å²) in [5.74, 6) is 0. The van der Waals surface area contributed by atoms with Crippen molar-refractivity contribution >= 4 is 0 Å². The lowest BCUT2D eigenvalue weighted by Gasteiger charge is -2.10. The number of nitrogens with zero attached hydrogens (tertiary/aromatic N) is 3. The number of hydrogen-bond acceptors (Lipinski definition) is 4. The molecule has 1 N–H and O–H groups in total. The number of nitrogens with one attached hydrogen (secondary N) is 1. The molecule has 0 fully saturated rings. The fourth-order valence-corrected chi connectivity index (χ4v) is 2.14. The predicted octanol–water partition coefficient (Wildman–Crippen LogP) is 2.10. The van der Waals surface area contributed by atoms with Gasteiger partial charge < -0.3 is 14.6 Å². The standard InChI is InChI=1S/C16H20N4O/c1-12-13(2)20(11-19-12)16-5-4-14(8-15(16)9-17)10-18-6-7-21-3/h4-5,8,11,18H,6-7,10H2,1-3H3. The van der Waals surface area contributed by atoms with Crippen LogP contribution in [0.5, 0.6) is 0 Å². The van der Waals surface area contributed by atoms with E-state index in [0.29, 0.717) is 12.2 Å². The zero-order valence-corrected chi connectivity index (χ0v) is 12.7. The molecule has 0 aliphatic rings. The molecule has 0 spiro atoms. The molecular formula is C16H20N4O. The Kier molecular flexibility index (Phi) is 5.09. The molecule has 0 amide bonds. The number of ether oxygens (including phenoxy) is 1. The Hall–Kier alpha value is -2.16. The molecule has 0 atom stereocenters. The van der Waals surface area contributed by atoms with Gasteiger partial charge in [0.2, 0.25) is 0 Å². The van der Waals surface area contributed by atoms with Crippen molar-refractivity contribution in [1.82, 2.24) is 14.9 Å². The minimum atomic E-state index is 0.654. The van der Waals surface area contributed by atoms with E-state index in [4.69, 9.17) is 4.74 Å². The summed E-state index contributed by atoms with van der Waals surface area (Å²) in [6.45, 7) is 6.16. The number of aromatic nitrogens is 2. The minimum Gasteiger partial charge on any atom is -0.383 e. The third-order valence-electron chi connectivity index (χ3n) is 3.50. The zero-order valence-electron chi connectivity index (χ0n) is 12.7. The van der Waals surface area contributed by atoms with Crippen molar-refractivity contribution in [2.75, 3.05) is 20.3 Å². The molecule has 110 valence electrons. The van der Waals surface area contributed by atoms with Gasteiger partial charge in [0.05, 0.1) is 29.9 Å². The quantitative estimate of drug-likeness (QED) is 0.825. The molecule has 1 heterocycles. The second kappa shape index (κ2) is 7.02. The number of benzene rings is 1. The molecule has 21 heavy (non-hydrogen) atoms. The van der Waals surface area contributed by atoms with Crippen molar-refractivity contribution in [1.29, 1.82) is 5.26 Å². The normalized spacial score (nSPS) is 10.6. The van der Waals surface area contributed by atoms with E-state index in [-0.39, 0.29) is 0 Å². The van der Waals surface area contributed by atoms with Gasteiger partial charge in [-0.15, -0.1) is 0 Å². The number of nitriles is 1. The highest BCUT2D eigenvalue weighted by Gasteiger charge is 2.09. The molecule has 0 bridgehead atoms. The van der Waals surface area contributed by atoms with Crippen LogP contribution in [0.4, 0.5) is 0 Å². The molecule has 1 aromatic heterocycles. The van der Waals surface area contributed by atoms with Crippen molar-refractivity contribution in [3.63, 3.8) is 0 Å². The average Bonchev–Trinajstić information content (AvgIpc) is 2.83. The monoisotopic (exact) mass is 284 g/mol. The number of hydrogen-bond donors (Lipinski definition) is 1. The van der Waals surface area contributed by atoms with Crippen molar-refractivity contribution in [3.05, 3.63) is 47.0 Å². The van der Waals surface area contributed by atoms with Crippen molar-refractivity contribution in [2.24, 2.45) is 0 Å². The second-order valence-corrected chi connectivity index (χ2v) is 4.92. The molecule has 0 radical (unpaired) electrons. The second-order valence-electron chi connectivity index (χ2n) is 4.92. The van der Waals surface area contributed by atoms with Crippen LogP contribution in [0.15, 0.2) is 24.5 Å². The van der Waals surface area contributed by atoms with Gasteiger partial charge in [-0.25, -0.2) is 4.98 Å². The Morgan fingerprint density at radius 2 is 2.19 bits per heavy atom. The molecule has 0 aliphatic heterocycles. The molecular weight excluding hydrogens is 264 g/mol. The lowest BCUT2D eigenvalue weighted by atomic mass is 10.1. The molecule has 0 saturated heterocycles. The first-order valence-corrected chi connectivity index (χ1v) is 6.91. The fraction of sp³-hybridized carbons (Fsp3) is 0.375. The summed E-state index contributed by atoms with van der Waals surface area (Å²) in [5.41, 5.74) is 4.64. The van der Waals surface area contributed by atoms with Crippen LogP contribution in [0.25, 0.3) is 5.69 Å². The van der Waals surface area contributed by atoms with E-state index in [1.54, 1.807) is 13.4 Å². The number of methoxy groups -OCH3 is 1. The SMILES string of the molecule is COCCNCc1ccc(-n2cnc(C)c2C)c(C#N)c1. The molecule has 0 saturated carbocycles. The summed E-state index contributed by atoms with van der Waals surface area (Å²) in [7, 11) is 1.68. The van der Waals surface area contributed by atoms with Crippen LogP contribution in [0.3, 0.4) is 0 Å². The first-order valence-electron chi connectivity index (χ1n) is 6.91. The molecule has 0 aliphatic carbocycles. The van der Waals surface area contributed by atoms with Crippen molar-refractivity contribution < 1.29 is 4.74 Å². The zero-order chi connectivity index (χ0) is 15.2. The first kappa shape index (κ1) is 15.2. The van der Waals surface area contributed by atoms with Gasteiger partial charge in [0.15, 0.2) is 0 Å². The van der Waals surface area contributed by atoms with Gasteiger partial charge in [-0.05, 0) is 31.5 Å². The largest absolute Gasteiger partial charge is 0.383 e. The average molecular weight is 284 g/mol. The van der Waals surface area contributed by atoms with E-state index in [1.165, 1.54) is 0 Å². The Bertz CT molecular complexity index is 655. The lowest BCUT2D eigenvalue weighted by molar-refractivity contribution is 0.199. The highest BCUT2D eigenvalue weighted by atomic mass is 16.5. The maximum absolute atomic E-state index is 9.39. The number of rotatable bonds is 6. The molecule has 0 unspecified atom stereocenters. The summed E-state index contributed by atoms with van der Waals surface area (Å²) >= 11 is 0. The fourth-order valence-electron chi connectivity index (χ4n) is 2.14. The number of aryl methyl sites for hydroxylation is 1. The van der Waals surface area contributed by atoms with Crippen LogP contribution < -0.4 is 5.32 Å². The Morgan fingerprint density at radius 3 is 2.81 bits per heavy atom. The van der Waals surface area contributed by atoms with Gasteiger partial charge in [-0.3, -0.25) is 0 Å². The van der Waals surface area contributed by atoms with Gasteiger partial charge in [0, 0.05) is 25.9 Å². The van der Waals surface area contributed by atoms with Gasteiger partial charge in [-0.2, -0.15) is 5.26 Å². The Morgan fingerprint density at radius 1 is 1.38 bits per heavy atom. The Labute approximate surface area is 125 Å². The van der Waals surface area contributed by atoms with Crippen LogP contribution in [0.2, 0.25) is 0 Å². The maximum atomic E-state index is 9.39. The van der Waals surface area contributed by atoms with E-state index in [2.05, 4.69) is 16.4 Å². The molecule has 2 rings (SSSR count). The van der Waals surface area contributed by atoms with Crippen LogP contribution in [0, 0.1) is 25.2 Å². The van der Waals surface area contributed by atoms with E-state index in [9.17, 15) is 5.26 Å². The molecule has 1 aromatic carbocycles. The van der Waals surface area contributed by atoms with Gasteiger partial charge >= 0.3 is 0 Å². The third kappa shape index (κ3) is 3.48. The van der Waals surface area contributed by atoms with E-state index >= 15 is 0 Å². The first-order chi connectivity index (χ1) is 10.2. The van der Waals surface area contributed by atoms with Crippen LogP contribution >= 0.6 is 0 Å². The van der Waals surface area contributed by atoms with E-state index < -0.39 is 0 Å². The van der Waals surface area contributed by atoms with E-state index in [1.807, 2.05) is 36.6 Å². The minimum absolute atomic E-state index is 0.654. The van der Waals surface area contributed by atoms with Gasteiger partial charge in [0.25, 0.3) is 0 Å². The summed E-state index contributed by atoms with van der Waals surface area (Å²) in [5, 5.41) is 12.7. The smallest absolute Gasteiger partial charge is 0.101 e. The lowest BCUT2D eigenvalue weighted by Crippen LogP contribution is -2.18. The third-order valence-corrected chi connectivity index (χ3v) is 3.50. The van der Waals surface area contributed by atoms with Crippen LogP contribution in [-0.4, -0.2) is 29.8 Å². The summed E-state index contributed by atoms with van der Waals surface area (Å²) < 4.78 is 6.95. The van der Waals surface area contributed by atoms with Crippen LogP contribution in [0.1, 0.15) is 22.5 Å². The van der Waals surface area contributed by atoms with E-state index in [0.717, 1.165) is 35.7 Å². The van der Waals surface area contributed by atoms with Crippen molar-refractivity contribution in [3.8, 4) is 11.8 Å². The highest BCUT2D eigenvalue weighted by Crippen LogP contribution is 2.19. The topological polar surface area (TPSA) is 62.9 Å². The maximum Gasteiger partial charge on any atom is 0.101 e. The molecule has 2 aromatic rings. The predicted molar refractivity (Wildman–Crippen MR) is 81.3 cm³/mol. The highest BCUT2D eigenvalue weighted by molar-refractivity contribution is 5.51. The van der Waals surface area contributed by atoms with Gasteiger partial charge in [-0.1, -0.05) is 6.07 Å².